The summed E-state index contributed by atoms with van der Waals surface area (Å²) in [5.74, 6) is -0.569. The standard InChI is InChI=1S/C65H122O5/c1-3-5-7-9-11-13-15-17-19-20-21-22-23-24-25-26-27-28-29-30-31-32-33-34-35-36-37-38-39-40-41-42-43-44-46-48-50-52-54-56-58-60-65(68)70-63(61-66)62-69-64(67)59-57-55-53-51-49-47-45-18-16-14-12-10-8-6-4-2/h15,17,20-21,23-24,63,66H,3-14,16,18-19,22,25-62H2,1-2H3/b17-15-,21-20-,24-23-. The molecule has 0 fully saturated rings. The van der Waals surface area contributed by atoms with Gasteiger partial charge in [-0.3, -0.25) is 9.59 Å². The molecule has 0 aliphatic carbocycles. The molecule has 0 spiro atoms. The lowest BCUT2D eigenvalue weighted by Gasteiger charge is -2.15. The number of allylic oxidation sites excluding steroid dienone is 6. The fraction of sp³-hybridized carbons (Fsp3) is 0.877. The highest BCUT2D eigenvalue weighted by molar-refractivity contribution is 5.70. The second kappa shape index (κ2) is 61.4. The number of hydrogen-bond acceptors (Lipinski definition) is 5. The molecule has 0 amide bonds. The minimum atomic E-state index is -0.766. The van der Waals surface area contributed by atoms with E-state index in [4.69, 9.17) is 9.47 Å². The van der Waals surface area contributed by atoms with E-state index in [1.807, 2.05) is 0 Å². The van der Waals surface area contributed by atoms with E-state index in [0.717, 1.165) is 44.9 Å². The summed E-state index contributed by atoms with van der Waals surface area (Å²) in [7, 11) is 0. The van der Waals surface area contributed by atoms with E-state index in [-0.39, 0.29) is 25.2 Å². The average molecular weight is 984 g/mol. The van der Waals surface area contributed by atoms with Crippen molar-refractivity contribution in [1.82, 2.24) is 0 Å². The number of aliphatic hydroxyl groups is 1. The molecular formula is C65H122O5. The summed E-state index contributed by atoms with van der Waals surface area (Å²) < 4.78 is 10.7. The van der Waals surface area contributed by atoms with Gasteiger partial charge in [-0.05, 0) is 51.4 Å². The zero-order valence-corrected chi connectivity index (χ0v) is 47.3. The molecule has 0 radical (unpaired) electrons. The van der Waals surface area contributed by atoms with Gasteiger partial charge in [0.25, 0.3) is 0 Å². The van der Waals surface area contributed by atoms with Crippen LogP contribution in [0, 0.1) is 0 Å². The molecule has 0 rings (SSSR count). The maximum Gasteiger partial charge on any atom is 0.306 e. The van der Waals surface area contributed by atoms with Gasteiger partial charge in [0.2, 0.25) is 0 Å². The van der Waals surface area contributed by atoms with Gasteiger partial charge in [0.15, 0.2) is 6.10 Å². The monoisotopic (exact) mass is 983 g/mol. The molecule has 0 aliphatic heterocycles. The molecule has 0 aromatic rings. The molecule has 0 bridgehead atoms. The summed E-state index contributed by atoms with van der Waals surface area (Å²) in [5.41, 5.74) is 0. The minimum absolute atomic E-state index is 0.0583. The van der Waals surface area contributed by atoms with E-state index < -0.39 is 6.10 Å². The van der Waals surface area contributed by atoms with E-state index >= 15 is 0 Å². The Morgan fingerprint density at radius 3 is 0.857 bits per heavy atom. The van der Waals surface area contributed by atoms with Gasteiger partial charge in [-0.25, -0.2) is 0 Å². The van der Waals surface area contributed by atoms with Crippen molar-refractivity contribution in [2.24, 2.45) is 0 Å². The topological polar surface area (TPSA) is 72.8 Å². The average Bonchev–Trinajstić information content (AvgIpc) is 3.36. The quantitative estimate of drug-likeness (QED) is 0.0373. The van der Waals surface area contributed by atoms with Gasteiger partial charge in [0, 0.05) is 12.8 Å². The summed E-state index contributed by atoms with van der Waals surface area (Å²) in [5, 5.41) is 9.65. The highest BCUT2D eigenvalue weighted by atomic mass is 16.6. The summed E-state index contributed by atoms with van der Waals surface area (Å²) in [6, 6.07) is 0. The van der Waals surface area contributed by atoms with Crippen LogP contribution in [0.1, 0.15) is 348 Å². The van der Waals surface area contributed by atoms with Crippen molar-refractivity contribution < 1.29 is 24.2 Å². The minimum Gasteiger partial charge on any atom is -0.462 e. The van der Waals surface area contributed by atoms with E-state index in [2.05, 4.69) is 50.3 Å². The zero-order chi connectivity index (χ0) is 50.6. The van der Waals surface area contributed by atoms with Gasteiger partial charge in [-0.2, -0.15) is 0 Å². The van der Waals surface area contributed by atoms with Crippen molar-refractivity contribution in [2.75, 3.05) is 13.2 Å². The van der Waals surface area contributed by atoms with Crippen molar-refractivity contribution in [3.05, 3.63) is 36.5 Å². The smallest absolute Gasteiger partial charge is 0.306 e. The Balaban J connectivity index is 3.36. The van der Waals surface area contributed by atoms with Crippen LogP contribution in [0.2, 0.25) is 0 Å². The molecule has 0 aromatic heterocycles. The SMILES string of the molecule is CCCCCCC/C=C\C/C=C\C/C=C\CCCCCCCCCCCCCCCCCCCCCCCCCCCCC(=O)OC(CO)COC(=O)CCCCCCCCCCCCCCCCC. The lowest BCUT2D eigenvalue weighted by atomic mass is 10.0. The van der Waals surface area contributed by atoms with Gasteiger partial charge in [-0.1, -0.05) is 320 Å². The highest BCUT2D eigenvalue weighted by Crippen LogP contribution is 2.18. The molecule has 0 saturated heterocycles. The second-order valence-electron chi connectivity index (χ2n) is 21.5. The number of aliphatic hydroxyl groups excluding tert-OH is 1. The van der Waals surface area contributed by atoms with E-state index in [9.17, 15) is 14.7 Å². The van der Waals surface area contributed by atoms with Crippen LogP contribution in [0.3, 0.4) is 0 Å². The van der Waals surface area contributed by atoms with E-state index in [0.29, 0.717) is 12.8 Å². The first-order valence-corrected chi connectivity index (χ1v) is 31.5. The zero-order valence-electron chi connectivity index (χ0n) is 47.3. The Kier molecular flexibility index (Phi) is 59.8. The van der Waals surface area contributed by atoms with Crippen LogP contribution in [0.4, 0.5) is 0 Å². The number of rotatable bonds is 59. The van der Waals surface area contributed by atoms with Crippen LogP contribution in [0.15, 0.2) is 36.5 Å². The summed E-state index contributed by atoms with van der Waals surface area (Å²) in [6.07, 6.45) is 80.2. The van der Waals surface area contributed by atoms with Crippen molar-refractivity contribution in [2.45, 2.75) is 354 Å². The van der Waals surface area contributed by atoms with Crippen LogP contribution in [-0.4, -0.2) is 36.4 Å². The molecule has 0 aliphatic rings. The lowest BCUT2D eigenvalue weighted by molar-refractivity contribution is -0.161. The Morgan fingerprint density at radius 1 is 0.329 bits per heavy atom. The highest BCUT2D eigenvalue weighted by Gasteiger charge is 2.16. The van der Waals surface area contributed by atoms with E-state index in [1.165, 1.54) is 276 Å². The molecular weight excluding hydrogens is 861 g/mol. The molecule has 0 heterocycles. The fourth-order valence-corrected chi connectivity index (χ4v) is 9.69. The maximum atomic E-state index is 12.3. The third kappa shape index (κ3) is 58.7. The molecule has 1 unspecified atom stereocenters. The predicted octanol–water partition coefficient (Wildman–Crippen LogP) is 21.4. The number of ether oxygens (including phenoxy) is 2. The number of carbonyl (C=O) groups excluding carboxylic acids is 2. The number of esters is 2. The van der Waals surface area contributed by atoms with Crippen LogP contribution in [-0.2, 0) is 19.1 Å². The molecule has 5 heteroatoms. The number of hydrogen-bond donors (Lipinski definition) is 1. The van der Waals surface area contributed by atoms with Gasteiger partial charge < -0.3 is 14.6 Å². The maximum absolute atomic E-state index is 12.3. The molecule has 1 N–H and O–H groups in total. The number of unbranched alkanes of at least 4 members (excludes halogenated alkanes) is 45. The third-order valence-corrected chi connectivity index (χ3v) is 14.4. The summed E-state index contributed by atoms with van der Waals surface area (Å²) in [6.45, 7) is 4.17. The Labute approximate surface area is 437 Å². The van der Waals surface area contributed by atoms with Crippen LogP contribution >= 0.6 is 0 Å². The van der Waals surface area contributed by atoms with Crippen molar-refractivity contribution in [1.29, 1.82) is 0 Å². The van der Waals surface area contributed by atoms with Crippen LogP contribution in [0.5, 0.6) is 0 Å². The van der Waals surface area contributed by atoms with Gasteiger partial charge >= 0.3 is 11.9 Å². The second-order valence-corrected chi connectivity index (χ2v) is 21.5. The molecule has 0 aromatic carbocycles. The van der Waals surface area contributed by atoms with Crippen molar-refractivity contribution in [3.8, 4) is 0 Å². The van der Waals surface area contributed by atoms with Gasteiger partial charge in [-0.15, -0.1) is 0 Å². The molecule has 0 saturated carbocycles. The lowest BCUT2D eigenvalue weighted by Crippen LogP contribution is -2.28. The Morgan fingerprint density at radius 2 is 0.571 bits per heavy atom. The molecule has 412 valence electrons. The normalized spacial score (nSPS) is 12.3. The predicted molar refractivity (Wildman–Crippen MR) is 307 cm³/mol. The third-order valence-electron chi connectivity index (χ3n) is 14.4. The Bertz CT molecular complexity index is 1110. The van der Waals surface area contributed by atoms with E-state index in [1.54, 1.807) is 0 Å². The van der Waals surface area contributed by atoms with Gasteiger partial charge in [0.05, 0.1) is 6.61 Å². The summed E-state index contributed by atoms with van der Waals surface area (Å²) >= 11 is 0. The molecule has 70 heavy (non-hydrogen) atoms. The first-order chi connectivity index (χ1) is 34.6. The summed E-state index contributed by atoms with van der Waals surface area (Å²) in [4.78, 5) is 24.5. The Hall–Kier alpha value is -1.88. The molecule has 5 nitrogen and oxygen atoms in total. The largest absolute Gasteiger partial charge is 0.462 e. The van der Waals surface area contributed by atoms with Crippen molar-refractivity contribution >= 4 is 11.9 Å². The van der Waals surface area contributed by atoms with Crippen molar-refractivity contribution in [3.63, 3.8) is 0 Å². The number of carbonyl (C=O) groups is 2. The van der Waals surface area contributed by atoms with Crippen LogP contribution < -0.4 is 0 Å². The van der Waals surface area contributed by atoms with Gasteiger partial charge in [0.1, 0.15) is 6.61 Å². The fourth-order valence-electron chi connectivity index (χ4n) is 9.69. The van der Waals surface area contributed by atoms with Crippen LogP contribution in [0.25, 0.3) is 0 Å². The first kappa shape index (κ1) is 68.1. The molecule has 1 atom stereocenters. The first-order valence-electron chi connectivity index (χ1n) is 31.5.